The summed E-state index contributed by atoms with van der Waals surface area (Å²) in [6.45, 7) is 1.93. The summed E-state index contributed by atoms with van der Waals surface area (Å²) >= 11 is 1.70. The quantitative estimate of drug-likeness (QED) is 0.560. The minimum absolute atomic E-state index is 0.263. The van der Waals surface area contributed by atoms with Crippen LogP contribution in [-0.2, 0) is 0 Å². The van der Waals surface area contributed by atoms with Gasteiger partial charge in [0, 0.05) is 0 Å². The molecule has 0 aromatic rings. The van der Waals surface area contributed by atoms with E-state index in [0.717, 1.165) is 4.47 Å². The average Bonchev–Trinajstić information content (AvgIpc) is 1.65. The Morgan fingerprint density at radius 2 is 2.50 bits per heavy atom. The zero-order chi connectivity index (χ0) is 4.99. The standard InChI is InChI=1S/C4H7NTe/c1-4(2-5)3-6/h4,6H,3H2,1H3. The molecule has 0 aliphatic heterocycles. The molecule has 1 atom stereocenters. The third-order valence-electron chi connectivity index (χ3n) is 0.494. The Morgan fingerprint density at radius 1 is 2.00 bits per heavy atom. The van der Waals surface area contributed by atoms with Crippen LogP contribution in [0.25, 0.3) is 0 Å². The summed E-state index contributed by atoms with van der Waals surface area (Å²) in [5, 5.41) is 8.09. The van der Waals surface area contributed by atoms with E-state index in [2.05, 4.69) is 6.07 Å². The molecular weight excluding hydrogens is 190 g/mol. The van der Waals surface area contributed by atoms with Crippen LogP contribution in [0, 0.1) is 17.2 Å². The molecule has 0 fully saturated rings. The second kappa shape index (κ2) is 3.47. The molecule has 0 saturated heterocycles. The summed E-state index contributed by atoms with van der Waals surface area (Å²) in [5.74, 6) is 0.263. The molecule has 0 aliphatic carbocycles. The Labute approximate surface area is 51.3 Å². The minimum atomic E-state index is 0.263. The molecule has 0 aromatic heterocycles. The maximum absolute atomic E-state index is 8.09. The Hall–Kier alpha value is 0.280. The monoisotopic (exact) mass is 199 g/mol. The van der Waals surface area contributed by atoms with Gasteiger partial charge in [0.15, 0.2) is 0 Å². The SMILES string of the molecule is CC(C#N)C[TeH]. The van der Waals surface area contributed by atoms with Crippen LogP contribution in [0.2, 0.25) is 4.47 Å². The summed E-state index contributed by atoms with van der Waals surface area (Å²) in [4.78, 5) is 0. The van der Waals surface area contributed by atoms with Gasteiger partial charge in [0.25, 0.3) is 0 Å². The second-order valence-corrected chi connectivity index (χ2v) is 2.25. The zero-order valence-electron chi connectivity index (χ0n) is 3.68. The molecule has 0 aliphatic rings. The van der Waals surface area contributed by atoms with Crippen LogP contribution in [-0.4, -0.2) is 22.3 Å². The summed E-state index contributed by atoms with van der Waals surface area (Å²) in [6, 6.07) is 2.13. The molecule has 0 spiro atoms. The van der Waals surface area contributed by atoms with Crippen molar-refractivity contribution in [1.82, 2.24) is 0 Å². The van der Waals surface area contributed by atoms with Gasteiger partial charge in [-0.2, -0.15) is 0 Å². The van der Waals surface area contributed by atoms with Crippen LogP contribution in [0.3, 0.4) is 0 Å². The fraction of sp³-hybridized carbons (Fsp3) is 0.750. The Morgan fingerprint density at radius 3 is 2.50 bits per heavy atom. The Balaban J connectivity index is 3.04. The second-order valence-electron chi connectivity index (χ2n) is 1.21. The van der Waals surface area contributed by atoms with E-state index in [1.807, 2.05) is 6.92 Å². The first-order chi connectivity index (χ1) is 2.81. The first-order valence-electron chi connectivity index (χ1n) is 1.81. The third kappa shape index (κ3) is 2.51. The van der Waals surface area contributed by atoms with Gasteiger partial charge in [-0.05, 0) is 0 Å². The molecule has 0 N–H and O–H groups in total. The van der Waals surface area contributed by atoms with Gasteiger partial charge in [-0.15, -0.1) is 0 Å². The molecule has 0 heterocycles. The molecule has 6 heavy (non-hydrogen) atoms. The molecule has 0 amide bonds. The predicted octanol–water partition coefficient (Wildman–Crippen LogP) is 0.465. The molecule has 34 valence electrons. The van der Waals surface area contributed by atoms with E-state index in [1.165, 1.54) is 0 Å². The molecule has 1 nitrogen and oxygen atoms in total. The average molecular weight is 197 g/mol. The number of nitrogens with zero attached hydrogens (tertiary/aromatic N) is 1. The van der Waals surface area contributed by atoms with Gasteiger partial charge in [0.2, 0.25) is 0 Å². The fourth-order valence-corrected chi connectivity index (χ4v) is 0.274. The topological polar surface area (TPSA) is 23.8 Å². The first kappa shape index (κ1) is 6.28. The van der Waals surface area contributed by atoms with E-state index >= 15 is 0 Å². The van der Waals surface area contributed by atoms with Crippen LogP contribution in [0.4, 0.5) is 0 Å². The van der Waals surface area contributed by atoms with Gasteiger partial charge in [0.05, 0.1) is 0 Å². The molecule has 0 aromatic carbocycles. The Bertz CT molecular complexity index is 64.4. The molecule has 0 saturated carbocycles. The van der Waals surface area contributed by atoms with Crippen molar-refractivity contribution in [2.24, 2.45) is 5.92 Å². The molecule has 0 bridgehead atoms. The predicted molar refractivity (Wildman–Crippen MR) is 26.7 cm³/mol. The number of hydrogen-bond acceptors (Lipinski definition) is 1. The summed E-state index contributed by atoms with van der Waals surface area (Å²) in [7, 11) is 0. The fourth-order valence-electron chi connectivity index (χ4n) is 0.0408. The molecule has 2 heteroatoms. The van der Waals surface area contributed by atoms with Crippen molar-refractivity contribution < 1.29 is 0 Å². The molecule has 0 rings (SSSR count). The van der Waals surface area contributed by atoms with Gasteiger partial charge in [-0.1, -0.05) is 0 Å². The Kier molecular flexibility index (Phi) is 3.63. The summed E-state index contributed by atoms with van der Waals surface area (Å²) < 4.78 is 1.02. The maximum atomic E-state index is 8.09. The van der Waals surface area contributed by atoms with E-state index in [-0.39, 0.29) is 5.92 Å². The van der Waals surface area contributed by atoms with Crippen LogP contribution in [0.15, 0.2) is 0 Å². The third-order valence-corrected chi connectivity index (χ3v) is 2.06. The van der Waals surface area contributed by atoms with Gasteiger partial charge < -0.3 is 0 Å². The molecule has 1 unspecified atom stereocenters. The van der Waals surface area contributed by atoms with E-state index in [1.54, 1.807) is 22.3 Å². The normalized spacial score (nSPS) is 12.8. The van der Waals surface area contributed by atoms with E-state index < -0.39 is 0 Å². The number of nitriles is 1. The van der Waals surface area contributed by atoms with Crippen LogP contribution < -0.4 is 0 Å². The van der Waals surface area contributed by atoms with Gasteiger partial charge in [0.1, 0.15) is 0 Å². The van der Waals surface area contributed by atoms with E-state index in [0.29, 0.717) is 0 Å². The zero-order valence-corrected chi connectivity index (χ0v) is 6.23. The molecular formula is C4H7NTe. The van der Waals surface area contributed by atoms with Crippen LogP contribution in [0.1, 0.15) is 6.92 Å². The van der Waals surface area contributed by atoms with Gasteiger partial charge in [-0.25, -0.2) is 0 Å². The summed E-state index contributed by atoms with van der Waals surface area (Å²) in [5.41, 5.74) is 0. The van der Waals surface area contributed by atoms with E-state index in [4.69, 9.17) is 5.26 Å². The van der Waals surface area contributed by atoms with Crippen molar-refractivity contribution in [1.29, 1.82) is 5.26 Å². The van der Waals surface area contributed by atoms with Crippen molar-refractivity contribution in [3.8, 4) is 6.07 Å². The van der Waals surface area contributed by atoms with Crippen molar-refractivity contribution >= 4 is 22.3 Å². The van der Waals surface area contributed by atoms with Gasteiger partial charge >= 0.3 is 50.9 Å². The van der Waals surface area contributed by atoms with Crippen molar-refractivity contribution in [2.45, 2.75) is 11.4 Å². The first-order valence-corrected chi connectivity index (χ1v) is 3.62. The molecule has 0 radical (unpaired) electrons. The number of rotatable bonds is 1. The number of hydrogen-bond donors (Lipinski definition) is 0. The van der Waals surface area contributed by atoms with Crippen molar-refractivity contribution in [3.05, 3.63) is 0 Å². The van der Waals surface area contributed by atoms with E-state index in [9.17, 15) is 0 Å². The van der Waals surface area contributed by atoms with Crippen molar-refractivity contribution in [3.63, 3.8) is 0 Å². The van der Waals surface area contributed by atoms with Crippen LogP contribution >= 0.6 is 0 Å². The van der Waals surface area contributed by atoms with Crippen molar-refractivity contribution in [2.75, 3.05) is 0 Å². The van der Waals surface area contributed by atoms with Gasteiger partial charge in [-0.3, -0.25) is 0 Å². The summed E-state index contributed by atoms with van der Waals surface area (Å²) in [6.07, 6.45) is 0. The van der Waals surface area contributed by atoms with Crippen LogP contribution in [0.5, 0.6) is 0 Å².